The summed E-state index contributed by atoms with van der Waals surface area (Å²) < 4.78 is 4.73. The Labute approximate surface area is 101 Å². The highest BCUT2D eigenvalue weighted by atomic mass is 35.5. The van der Waals surface area contributed by atoms with Crippen molar-refractivity contribution in [3.05, 3.63) is 48.6 Å². The average Bonchev–Trinajstić information content (AvgIpc) is 2.29. The largest absolute Gasteiger partial charge is 0.454 e. The highest BCUT2D eigenvalue weighted by Crippen LogP contribution is 2.23. The number of hydrogen-bond acceptors (Lipinski definition) is 2. The maximum Gasteiger partial charge on any atom is 0.403 e. The molecule has 1 aromatic carbocycles. The summed E-state index contributed by atoms with van der Waals surface area (Å²) in [6, 6.07) is 10.1. The van der Waals surface area contributed by atoms with Crippen molar-refractivity contribution < 1.29 is 9.53 Å². The molecule has 0 fully saturated rings. The zero-order valence-corrected chi connectivity index (χ0v) is 9.82. The van der Waals surface area contributed by atoms with Gasteiger partial charge in [-0.15, -0.1) is 6.58 Å². The van der Waals surface area contributed by atoms with Gasteiger partial charge in [0.25, 0.3) is 0 Å². The van der Waals surface area contributed by atoms with Crippen molar-refractivity contribution in [2.75, 3.05) is 6.61 Å². The van der Waals surface area contributed by atoms with Gasteiger partial charge < -0.3 is 4.74 Å². The molecule has 0 aliphatic carbocycles. The molecule has 1 atom stereocenters. The molecule has 86 valence electrons. The molecule has 0 saturated carbocycles. The van der Waals surface area contributed by atoms with Crippen LogP contribution in [-0.4, -0.2) is 12.0 Å². The van der Waals surface area contributed by atoms with Gasteiger partial charge in [0, 0.05) is 11.6 Å². The number of halogens is 1. The molecule has 0 aromatic heterocycles. The first-order valence-corrected chi connectivity index (χ1v) is 5.60. The SMILES string of the molecule is C=CCC(CCOC(=O)Cl)c1ccccc1. The number of carbonyl (C=O) groups excluding carboxylic acids is 1. The molecule has 2 nitrogen and oxygen atoms in total. The minimum absolute atomic E-state index is 0.328. The van der Waals surface area contributed by atoms with Crippen LogP contribution in [-0.2, 0) is 4.74 Å². The van der Waals surface area contributed by atoms with E-state index in [0.29, 0.717) is 12.5 Å². The zero-order valence-electron chi connectivity index (χ0n) is 9.06. The molecule has 1 unspecified atom stereocenters. The quantitative estimate of drug-likeness (QED) is 0.551. The number of hydrogen-bond donors (Lipinski definition) is 0. The Morgan fingerprint density at radius 2 is 2.12 bits per heavy atom. The van der Waals surface area contributed by atoms with E-state index < -0.39 is 5.43 Å². The van der Waals surface area contributed by atoms with Crippen molar-refractivity contribution in [1.82, 2.24) is 0 Å². The second-order valence-corrected chi connectivity index (χ2v) is 3.82. The van der Waals surface area contributed by atoms with Crippen LogP contribution in [0, 0.1) is 0 Å². The topological polar surface area (TPSA) is 26.3 Å². The first kappa shape index (κ1) is 12.8. The number of allylic oxidation sites excluding steroid dienone is 1. The fourth-order valence-corrected chi connectivity index (χ4v) is 1.71. The fraction of sp³-hybridized carbons (Fsp3) is 0.308. The zero-order chi connectivity index (χ0) is 11.8. The lowest BCUT2D eigenvalue weighted by Gasteiger charge is -2.14. The molecule has 0 aliphatic heterocycles. The van der Waals surface area contributed by atoms with E-state index in [1.165, 1.54) is 5.56 Å². The summed E-state index contributed by atoms with van der Waals surface area (Å²) in [5.41, 5.74) is 0.485. The first-order chi connectivity index (χ1) is 7.74. The Morgan fingerprint density at radius 3 is 2.69 bits per heavy atom. The minimum Gasteiger partial charge on any atom is -0.454 e. The second kappa shape index (κ2) is 7.07. The lowest BCUT2D eigenvalue weighted by molar-refractivity contribution is 0.169. The molecule has 0 aliphatic rings. The summed E-state index contributed by atoms with van der Waals surface area (Å²) in [6.45, 7) is 4.08. The third-order valence-corrected chi connectivity index (χ3v) is 2.51. The summed E-state index contributed by atoms with van der Waals surface area (Å²) in [6.07, 6.45) is 3.50. The van der Waals surface area contributed by atoms with Crippen LogP contribution in [0.5, 0.6) is 0 Å². The molecule has 0 heterocycles. The van der Waals surface area contributed by atoms with Crippen LogP contribution in [0.25, 0.3) is 0 Å². The van der Waals surface area contributed by atoms with Crippen LogP contribution < -0.4 is 0 Å². The summed E-state index contributed by atoms with van der Waals surface area (Å²) in [7, 11) is 0. The summed E-state index contributed by atoms with van der Waals surface area (Å²) in [5, 5.41) is 0. The predicted octanol–water partition coefficient (Wildman–Crippen LogP) is 4.11. The van der Waals surface area contributed by atoms with E-state index in [9.17, 15) is 4.79 Å². The van der Waals surface area contributed by atoms with Gasteiger partial charge in [0.05, 0.1) is 6.61 Å². The van der Waals surface area contributed by atoms with Gasteiger partial charge in [0.15, 0.2) is 0 Å². The number of benzene rings is 1. The standard InChI is InChI=1S/C13H15ClO2/c1-2-6-11(9-10-16-13(14)15)12-7-4-3-5-8-12/h2-5,7-8,11H,1,6,9-10H2. The maximum absolute atomic E-state index is 10.4. The van der Waals surface area contributed by atoms with Crippen LogP contribution in [0.3, 0.4) is 0 Å². The maximum atomic E-state index is 10.4. The monoisotopic (exact) mass is 238 g/mol. The van der Waals surface area contributed by atoms with E-state index in [-0.39, 0.29) is 0 Å². The molecule has 0 bridgehead atoms. The molecule has 0 N–H and O–H groups in total. The van der Waals surface area contributed by atoms with Crippen LogP contribution >= 0.6 is 11.6 Å². The highest BCUT2D eigenvalue weighted by Gasteiger charge is 2.10. The summed E-state index contributed by atoms with van der Waals surface area (Å²) in [4.78, 5) is 10.4. The Kier molecular flexibility index (Phi) is 5.65. The first-order valence-electron chi connectivity index (χ1n) is 5.22. The van der Waals surface area contributed by atoms with Crippen LogP contribution in [0.1, 0.15) is 24.3 Å². The fourth-order valence-electron chi connectivity index (χ4n) is 1.63. The number of carbonyl (C=O) groups is 1. The van der Waals surface area contributed by atoms with Crippen molar-refractivity contribution >= 4 is 17.0 Å². The predicted molar refractivity (Wildman–Crippen MR) is 65.8 cm³/mol. The van der Waals surface area contributed by atoms with Gasteiger partial charge in [-0.3, -0.25) is 0 Å². The Bertz CT molecular complexity index is 335. The normalized spacial score (nSPS) is 11.8. The van der Waals surface area contributed by atoms with Crippen molar-refractivity contribution in [2.45, 2.75) is 18.8 Å². The van der Waals surface area contributed by atoms with Crippen molar-refractivity contribution in [2.24, 2.45) is 0 Å². The lowest BCUT2D eigenvalue weighted by Crippen LogP contribution is -2.04. The molecule has 0 amide bonds. The Hall–Kier alpha value is -1.28. The van der Waals surface area contributed by atoms with Crippen LogP contribution in [0.2, 0.25) is 0 Å². The minimum atomic E-state index is -0.745. The second-order valence-electron chi connectivity index (χ2n) is 3.51. The van der Waals surface area contributed by atoms with E-state index in [4.69, 9.17) is 16.3 Å². The number of ether oxygens (including phenoxy) is 1. The molecular weight excluding hydrogens is 224 g/mol. The molecule has 3 heteroatoms. The van der Waals surface area contributed by atoms with Gasteiger partial charge in [0.1, 0.15) is 0 Å². The molecule has 0 radical (unpaired) electrons. The third-order valence-electron chi connectivity index (χ3n) is 2.40. The Balaban J connectivity index is 2.54. The molecule has 0 spiro atoms. The van der Waals surface area contributed by atoms with Crippen LogP contribution in [0.15, 0.2) is 43.0 Å². The highest BCUT2D eigenvalue weighted by molar-refractivity contribution is 6.61. The van der Waals surface area contributed by atoms with E-state index in [1.807, 2.05) is 24.3 Å². The van der Waals surface area contributed by atoms with Crippen molar-refractivity contribution in [3.63, 3.8) is 0 Å². The van der Waals surface area contributed by atoms with E-state index in [2.05, 4.69) is 18.7 Å². The number of rotatable bonds is 6. The molecule has 1 aromatic rings. The van der Waals surface area contributed by atoms with Gasteiger partial charge in [-0.1, -0.05) is 36.4 Å². The smallest absolute Gasteiger partial charge is 0.403 e. The van der Waals surface area contributed by atoms with Crippen molar-refractivity contribution in [1.29, 1.82) is 0 Å². The van der Waals surface area contributed by atoms with Gasteiger partial charge in [-0.25, -0.2) is 4.79 Å². The summed E-state index contributed by atoms with van der Waals surface area (Å²) in [5.74, 6) is 0.328. The van der Waals surface area contributed by atoms with Crippen LogP contribution in [0.4, 0.5) is 4.79 Å². The molecule has 16 heavy (non-hydrogen) atoms. The lowest BCUT2D eigenvalue weighted by atomic mass is 9.93. The van der Waals surface area contributed by atoms with Gasteiger partial charge in [-0.2, -0.15) is 0 Å². The van der Waals surface area contributed by atoms with E-state index in [0.717, 1.165) is 12.8 Å². The van der Waals surface area contributed by atoms with E-state index >= 15 is 0 Å². The molecule has 1 rings (SSSR count). The van der Waals surface area contributed by atoms with Gasteiger partial charge in [0.2, 0.25) is 0 Å². The Morgan fingerprint density at radius 1 is 1.44 bits per heavy atom. The van der Waals surface area contributed by atoms with Crippen molar-refractivity contribution in [3.8, 4) is 0 Å². The molecular formula is C13H15ClO2. The average molecular weight is 239 g/mol. The van der Waals surface area contributed by atoms with Gasteiger partial charge >= 0.3 is 5.43 Å². The molecule has 0 saturated heterocycles. The van der Waals surface area contributed by atoms with Gasteiger partial charge in [-0.05, 0) is 24.3 Å². The third kappa shape index (κ3) is 4.49. The van der Waals surface area contributed by atoms with E-state index in [1.54, 1.807) is 0 Å². The summed E-state index contributed by atoms with van der Waals surface area (Å²) >= 11 is 5.10.